The lowest BCUT2D eigenvalue weighted by atomic mass is 10.2. The molecule has 0 unspecified atom stereocenters. The van der Waals surface area contributed by atoms with Gasteiger partial charge in [-0.15, -0.1) is 24.0 Å². The molecular formula is C22H32IN7. The predicted octanol–water partition coefficient (Wildman–Crippen LogP) is 4.00. The number of rotatable bonds is 8. The summed E-state index contributed by atoms with van der Waals surface area (Å²) in [5, 5.41) is 7.88. The van der Waals surface area contributed by atoms with E-state index in [1.165, 1.54) is 5.69 Å². The second-order valence-electron chi connectivity index (χ2n) is 7.21. The summed E-state index contributed by atoms with van der Waals surface area (Å²) in [5.41, 5.74) is 4.43. The van der Waals surface area contributed by atoms with E-state index < -0.39 is 0 Å². The fraction of sp³-hybridized carbons (Fsp3) is 0.409. The highest BCUT2D eigenvalue weighted by Gasteiger charge is 2.10. The van der Waals surface area contributed by atoms with Gasteiger partial charge in [0.15, 0.2) is 5.96 Å². The normalized spacial score (nSPS) is 11.3. The van der Waals surface area contributed by atoms with Gasteiger partial charge in [-0.2, -0.15) is 5.10 Å². The first kappa shape index (κ1) is 23.9. The minimum atomic E-state index is 0. The fourth-order valence-electron chi connectivity index (χ4n) is 3.28. The quantitative estimate of drug-likeness (QED) is 0.204. The number of halogens is 1. The van der Waals surface area contributed by atoms with Crippen molar-refractivity contribution in [3.8, 4) is 11.3 Å². The van der Waals surface area contributed by atoms with Crippen LogP contribution in [0.5, 0.6) is 0 Å². The number of hydrogen-bond donors (Lipinski definition) is 2. The number of aromatic nitrogens is 4. The molecule has 0 aliphatic carbocycles. The van der Waals surface area contributed by atoms with Crippen molar-refractivity contribution in [1.29, 1.82) is 0 Å². The Morgan fingerprint density at radius 3 is 2.67 bits per heavy atom. The van der Waals surface area contributed by atoms with Crippen LogP contribution in [0.2, 0.25) is 0 Å². The maximum atomic E-state index is 4.77. The van der Waals surface area contributed by atoms with E-state index in [2.05, 4.69) is 62.0 Å². The van der Waals surface area contributed by atoms with E-state index in [1.54, 1.807) is 0 Å². The fourth-order valence-corrected chi connectivity index (χ4v) is 3.28. The van der Waals surface area contributed by atoms with Crippen molar-refractivity contribution in [2.75, 3.05) is 20.1 Å². The van der Waals surface area contributed by atoms with Gasteiger partial charge in [0.05, 0.1) is 24.1 Å². The minimum Gasteiger partial charge on any atom is -0.357 e. The SMILES string of the molecule is CCNC(=NCCCn1nc(C)cc1C)N(C)Cc1ncc(-c2ccccc2)[nH]1.I. The third kappa shape index (κ3) is 6.58. The lowest BCUT2D eigenvalue weighted by Gasteiger charge is -2.21. The molecule has 0 spiro atoms. The first-order valence-electron chi connectivity index (χ1n) is 10.2. The second kappa shape index (κ2) is 11.7. The molecule has 0 fully saturated rings. The highest BCUT2D eigenvalue weighted by atomic mass is 127. The molecule has 7 nitrogen and oxygen atoms in total. The number of nitrogens with zero attached hydrogens (tertiary/aromatic N) is 5. The molecule has 1 aromatic carbocycles. The van der Waals surface area contributed by atoms with Gasteiger partial charge in [-0.3, -0.25) is 9.67 Å². The average Bonchev–Trinajstić information content (AvgIpc) is 3.30. The molecule has 0 bridgehead atoms. The van der Waals surface area contributed by atoms with Crippen LogP contribution in [0.25, 0.3) is 11.3 Å². The van der Waals surface area contributed by atoms with Crippen molar-refractivity contribution >= 4 is 29.9 Å². The third-order valence-corrected chi connectivity index (χ3v) is 4.69. The van der Waals surface area contributed by atoms with Crippen LogP contribution in [0, 0.1) is 13.8 Å². The van der Waals surface area contributed by atoms with Gasteiger partial charge in [-0.25, -0.2) is 4.98 Å². The summed E-state index contributed by atoms with van der Waals surface area (Å²) in [6, 6.07) is 12.3. The zero-order valence-electron chi connectivity index (χ0n) is 18.2. The van der Waals surface area contributed by atoms with Crippen molar-refractivity contribution in [3.05, 3.63) is 59.8 Å². The van der Waals surface area contributed by atoms with Crippen molar-refractivity contribution < 1.29 is 0 Å². The largest absolute Gasteiger partial charge is 0.357 e. The van der Waals surface area contributed by atoms with Gasteiger partial charge >= 0.3 is 0 Å². The minimum absolute atomic E-state index is 0. The molecule has 0 atom stereocenters. The van der Waals surface area contributed by atoms with E-state index in [0.717, 1.165) is 54.8 Å². The van der Waals surface area contributed by atoms with Gasteiger partial charge in [0.25, 0.3) is 0 Å². The summed E-state index contributed by atoms with van der Waals surface area (Å²) < 4.78 is 2.05. The number of nitrogens with one attached hydrogen (secondary N) is 2. The molecule has 0 aliphatic rings. The highest BCUT2D eigenvalue weighted by Crippen LogP contribution is 2.16. The Morgan fingerprint density at radius 1 is 1.23 bits per heavy atom. The molecule has 8 heteroatoms. The first-order chi connectivity index (χ1) is 14.1. The molecule has 162 valence electrons. The molecule has 3 aromatic rings. The van der Waals surface area contributed by atoms with Crippen LogP contribution in [0.1, 0.15) is 30.6 Å². The zero-order chi connectivity index (χ0) is 20.6. The molecule has 30 heavy (non-hydrogen) atoms. The van der Waals surface area contributed by atoms with Crippen LogP contribution in [-0.2, 0) is 13.1 Å². The molecule has 2 heterocycles. The number of aryl methyl sites for hydroxylation is 3. The highest BCUT2D eigenvalue weighted by molar-refractivity contribution is 14.0. The summed E-state index contributed by atoms with van der Waals surface area (Å²) in [4.78, 5) is 14.8. The Kier molecular flexibility index (Phi) is 9.35. The van der Waals surface area contributed by atoms with Gasteiger partial charge in [0, 0.05) is 32.4 Å². The van der Waals surface area contributed by atoms with Crippen LogP contribution in [0.4, 0.5) is 0 Å². The second-order valence-corrected chi connectivity index (χ2v) is 7.21. The van der Waals surface area contributed by atoms with Crippen molar-refractivity contribution in [2.45, 2.75) is 40.3 Å². The molecule has 0 aliphatic heterocycles. The van der Waals surface area contributed by atoms with E-state index in [0.29, 0.717) is 6.54 Å². The van der Waals surface area contributed by atoms with E-state index in [4.69, 9.17) is 4.99 Å². The van der Waals surface area contributed by atoms with Crippen LogP contribution in [0.3, 0.4) is 0 Å². The third-order valence-electron chi connectivity index (χ3n) is 4.69. The Morgan fingerprint density at radius 2 is 2.00 bits per heavy atom. The van der Waals surface area contributed by atoms with E-state index in [1.807, 2.05) is 38.4 Å². The molecule has 0 saturated heterocycles. The van der Waals surface area contributed by atoms with E-state index in [9.17, 15) is 0 Å². The molecule has 0 radical (unpaired) electrons. The summed E-state index contributed by atoms with van der Waals surface area (Å²) in [6.07, 6.45) is 2.83. The number of guanidine groups is 1. The van der Waals surface area contributed by atoms with Crippen LogP contribution >= 0.6 is 24.0 Å². The van der Waals surface area contributed by atoms with Crippen LogP contribution in [-0.4, -0.2) is 50.7 Å². The summed E-state index contributed by atoms with van der Waals surface area (Å²) in [5.74, 6) is 1.80. The molecule has 0 amide bonds. The Labute approximate surface area is 196 Å². The first-order valence-corrected chi connectivity index (χ1v) is 10.2. The zero-order valence-corrected chi connectivity index (χ0v) is 20.6. The smallest absolute Gasteiger partial charge is 0.194 e. The van der Waals surface area contributed by atoms with E-state index >= 15 is 0 Å². The van der Waals surface area contributed by atoms with Crippen molar-refractivity contribution in [1.82, 2.24) is 30.0 Å². The lowest BCUT2D eigenvalue weighted by Crippen LogP contribution is -2.38. The predicted molar refractivity (Wildman–Crippen MR) is 133 cm³/mol. The summed E-state index contributed by atoms with van der Waals surface area (Å²) in [6.45, 7) is 9.32. The van der Waals surface area contributed by atoms with Gasteiger partial charge in [0.1, 0.15) is 5.82 Å². The number of benzene rings is 1. The summed E-state index contributed by atoms with van der Waals surface area (Å²) >= 11 is 0. The van der Waals surface area contributed by atoms with Gasteiger partial charge < -0.3 is 15.2 Å². The van der Waals surface area contributed by atoms with Crippen molar-refractivity contribution in [2.24, 2.45) is 4.99 Å². The molecule has 3 rings (SSSR count). The van der Waals surface area contributed by atoms with Crippen LogP contribution < -0.4 is 5.32 Å². The molecule has 2 N–H and O–H groups in total. The van der Waals surface area contributed by atoms with Crippen LogP contribution in [0.15, 0.2) is 47.6 Å². The van der Waals surface area contributed by atoms with Gasteiger partial charge in [-0.05, 0) is 38.8 Å². The average molecular weight is 521 g/mol. The van der Waals surface area contributed by atoms with E-state index in [-0.39, 0.29) is 24.0 Å². The summed E-state index contributed by atoms with van der Waals surface area (Å²) in [7, 11) is 2.03. The molecular weight excluding hydrogens is 489 g/mol. The lowest BCUT2D eigenvalue weighted by molar-refractivity contribution is 0.462. The van der Waals surface area contributed by atoms with Crippen molar-refractivity contribution in [3.63, 3.8) is 0 Å². The molecule has 2 aromatic heterocycles. The number of H-pyrrole nitrogens is 1. The number of imidazole rings is 1. The number of hydrogen-bond acceptors (Lipinski definition) is 3. The van der Waals surface area contributed by atoms with Gasteiger partial charge in [-0.1, -0.05) is 30.3 Å². The maximum absolute atomic E-state index is 4.77. The topological polar surface area (TPSA) is 74.1 Å². The molecule has 0 saturated carbocycles. The Hall–Kier alpha value is -2.36. The Balaban J connectivity index is 0.00000320. The maximum Gasteiger partial charge on any atom is 0.194 e. The standard InChI is InChI=1S/C22H31N7.HI/c1-5-23-22(24-12-9-13-29-18(3)14-17(2)27-29)28(4)16-21-25-15-20(26-21)19-10-7-6-8-11-19;/h6-8,10-11,14-15H,5,9,12-13,16H2,1-4H3,(H,23,24)(H,25,26);1H. The van der Waals surface area contributed by atoms with Gasteiger partial charge in [0.2, 0.25) is 0 Å². The number of aromatic amines is 1. The monoisotopic (exact) mass is 521 g/mol. The number of aliphatic imine (C=N–C) groups is 1. The Bertz CT molecular complexity index is 930.